The summed E-state index contributed by atoms with van der Waals surface area (Å²) in [6, 6.07) is 12.2. The molecule has 2 aromatic rings. The van der Waals surface area contributed by atoms with Crippen LogP contribution in [0.4, 0.5) is 17.2 Å². The second-order valence-corrected chi connectivity index (χ2v) is 8.20. The van der Waals surface area contributed by atoms with Crippen LogP contribution in [0.2, 0.25) is 0 Å². The number of anilines is 3. The van der Waals surface area contributed by atoms with Crippen molar-refractivity contribution in [2.45, 2.75) is 38.1 Å². The van der Waals surface area contributed by atoms with E-state index >= 15 is 0 Å². The minimum atomic E-state index is -0.105. The minimum Gasteiger partial charge on any atom is -0.369 e. The number of aromatic nitrogens is 1. The number of likely N-dealkylation sites (N-methyl/N-ethyl adjacent to an activating group) is 1. The third-order valence-corrected chi connectivity index (χ3v) is 5.97. The Labute approximate surface area is 173 Å². The maximum absolute atomic E-state index is 12.7. The van der Waals surface area contributed by atoms with E-state index in [1.54, 1.807) is 12.3 Å². The van der Waals surface area contributed by atoms with E-state index in [1.165, 1.54) is 37.8 Å². The third-order valence-electron chi connectivity index (χ3n) is 5.97. The summed E-state index contributed by atoms with van der Waals surface area (Å²) in [6.07, 6.45) is 7.91. The van der Waals surface area contributed by atoms with Crippen molar-refractivity contribution in [3.63, 3.8) is 0 Å². The summed E-state index contributed by atoms with van der Waals surface area (Å²) in [5, 5.41) is 6.49. The highest BCUT2D eigenvalue weighted by Crippen LogP contribution is 2.22. The number of rotatable bonds is 5. The number of nitrogens with zero attached hydrogens (tertiary/aromatic N) is 3. The normalized spacial score (nSPS) is 18.4. The first-order valence-electron chi connectivity index (χ1n) is 10.7. The molecule has 2 N–H and O–H groups in total. The van der Waals surface area contributed by atoms with E-state index in [2.05, 4.69) is 44.6 Å². The molecule has 0 radical (unpaired) electrons. The lowest BCUT2D eigenvalue weighted by Gasteiger charge is -2.34. The van der Waals surface area contributed by atoms with Gasteiger partial charge in [-0.1, -0.05) is 19.3 Å². The number of hydrogen-bond acceptors (Lipinski definition) is 5. The molecule has 1 aromatic heterocycles. The number of amides is 1. The van der Waals surface area contributed by atoms with Gasteiger partial charge in [0.2, 0.25) is 0 Å². The van der Waals surface area contributed by atoms with Crippen LogP contribution in [0, 0.1) is 0 Å². The average Bonchev–Trinajstić information content (AvgIpc) is 2.76. The van der Waals surface area contributed by atoms with Crippen LogP contribution in [0.25, 0.3) is 0 Å². The molecule has 1 saturated carbocycles. The van der Waals surface area contributed by atoms with E-state index < -0.39 is 0 Å². The van der Waals surface area contributed by atoms with Gasteiger partial charge in [-0.3, -0.25) is 4.79 Å². The molecule has 154 valence electrons. The number of pyridine rings is 1. The van der Waals surface area contributed by atoms with Crippen LogP contribution >= 0.6 is 0 Å². The minimum absolute atomic E-state index is 0.105. The Balaban J connectivity index is 1.35. The number of piperazine rings is 1. The van der Waals surface area contributed by atoms with E-state index in [1.807, 2.05) is 18.2 Å². The van der Waals surface area contributed by atoms with Crippen LogP contribution in [-0.4, -0.2) is 55.1 Å². The summed E-state index contributed by atoms with van der Waals surface area (Å²) >= 11 is 0. The van der Waals surface area contributed by atoms with Gasteiger partial charge in [-0.05, 0) is 56.3 Å². The monoisotopic (exact) mass is 393 g/mol. The first kappa shape index (κ1) is 19.7. The SMILES string of the molecule is CN1CCN(c2ccc(NC(=O)c3ccnc(NC4CCCCC4)c3)cc2)CC1. The van der Waals surface area contributed by atoms with Crippen molar-refractivity contribution in [1.82, 2.24) is 9.88 Å². The first-order chi connectivity index (χ1) is 14.2. The van der Waals surface area contributed by atoms with Crippen LogP contribution in [-0.2, 0) is 0 Å². The summed E-state index contributed by atoms with van der Waals surface area (Å²) in [4.78, 5) is 21.8. The maximum Gasteiger partial charge on any atom is 0.255 e. The molecule has 6 nitrogen and oxygen atoms in total. The molecule has 0 spiro atoms. The highest BCUT2D eigenvalue weighted by molar-refractivity contribution is 6.04. The fraction of sp³-hybridized carbons (Fsp3) is 0.478. The maximum atomic E-state index is 12.7. The van der Waals surface area contributed by atoms with Crippen LogP contribution in [0.5, 0.6) is 0 Å². The molecule has 4 rings (SSSR count). The second kappa shape index (κ2) is 9.27. The molecule has 6 heteroatoms. The zero-order valence-corrected chi connectivity index (χ0v) is 17.2. The predicted octanol–water partition coefficient (Wildman–Crippen LogP) is 3.83. The lowest BCUT2D eigenvalue weighted by atomic mass is 9.95. The topological polar surface area (TPSA) is 60.5 Å². The molecule has 2 aliphatic rings. The molecular formula is C23H31N5O. The van der Waals surface area contributed by atoms with Crippen LogP contribution in [0.3, 0.4) is 0 Å². The van der Waals surface area contributed by atoms with Gasteiger partial charge in [0.25, 0.3) is 5.91 Å². The number of carbonyl (C=O) groups is 1. The second-order valence-electron chi connectivity index (χ2n) is 8.20. The van der Waals surface area contributed by atoms with E-state index in [0.29, 0.717) is 11.6 Å². The Morgan fingerprint density at radius 3 is 2.45 bits per heavy atom. The average molecular weight is 394 g/mol. The van der Waals surface area contributed by atoms with Gasteiger partial charge in [-0.15, -0.1) is 0 Å². The summed E-state index contributed by atoms with van der Waals surface area (Å²) < 4.78 is 0. The lowest BCUT2D eigenvalue weighted by molar-refractivity contribution is 0.102. The molecule has 0 unspecified atom stereocenters. The van der Waals surface area contributed by atoms with Crippen molar-refractivity contribution in [3.05, 3.63) is 48.2 Å². The van der Waals surface area contributed by atoms with Gasteiger partial charge < -0.3 is 20.4 Å². The van der Waals surface area contributed by atoms with Crippen LogP contribution in [0.15, 0.2) is 42.6 Å². The third kappa shape index (κ3) is 5.26. The standard InChI is InChI=1S/C23H31N5O/c1-27-13-15-28(16-14-27)21-9-7-20(8-10-21)26-23(29)18-11-12-24-22(17-18)25-19-5-3-2-4-6-19/h7-12,17,19H,2-6,13-16H2,1H3,(H,24,25)(H,26,29). The van der Waals surface area contributed by atoms with Crippen molar-refractivity contribution >= 4 is 23.1 Å². The van der Waals surface area contributed by atoms with Gasteiger partial charge >= 0.3 is 0 Å². The van der Waals surface area contributed by atoms with Gasteiger partial charge in [0.1, 0.15) is 5.82 Å². The Morgan fingerprint density at radius 2 is 1.72 bits per heavy atom. The van der Waals surface area contributed by atoms with E-state index in [0.717, 1.165) is 37.7 Å². The van der Waals surface area contributed by atoms with Crippen LogP contribution < -0.4 is 15.5 Å². The Bertz CT molecular complexity index is 808. The number of nitrogens with one attached hydrogen (secondary N) is 2. The molecule has 1 aliphatic heterocycles. The van der Waals surface area contributed by atoms with Crippen molar-refractivity contribution in [2.24, 2.45) is 0 Å². The van der Waals surface area contributed by atoms with Gasteiger partial charge in [-0.2, -0.15) is 0 Å². The fourth-order valence-electron chi connectivity index (χ4n) is 4.13. The smallest absolute Gasteiger partial charge is 0.255 e. The molecule has 2 heterocycles. The zero-order valence-electron chi connectivity index (χ0n) is 17.2. The van der Waals surface area contributed by atoms with Gasteiger partial charge in [0.05, 0.1) is 0 Å². The number of carbonyl (C=O) groups excluding carboxylic acids is 1. The Morgan fingerprint density at radius 1 is 1.00 bits per heavy atom. The van der Waals surface area contributed by atoms with Crippen molar-refractivity contribution in [3.8, 4) is 0 Å². The molecule has 1 amide bonds. The highest BCUT2D eigenvalue weighted by atomic mass is 16.1. The van der Waals surface area contributed by atoms with E-state index in [9.17, 15) is 4.79 Å². The quantitative estimate of drug-likeness (QED) is 0.808. The van der Waals surface area contributed by atoms with Crippen molar-refractivity contribution in [2.75, 3.05) is 48.8 Å². The molecule has 0 bridgehead atoms. The molecule has 0 atom stereocenters. The van der Waals surface area contributed by atoms with Gasteiger partial charge in [0, 0.05) is 55.4 Å². The zero-order chi connectivity index (χ0) is 20.1. The molecule has 1 aliphatic carbocycles. The summed E-state index contributed by atoms with van der Waals surface area (Å²) in [5.74, 6) is 0.682. The largest absolute Gasteiger partial charge is 0.369 e. The van der Waals surface area contributed by atoms with Gasteiger partial charge in [0.15, 0.2) is 0 Å². The molecule has 1 saturated heterocycles. The molecule has 1 aromatic carbocycles. The summed E-state index contributed by atoms with van der Waals surface area (Å²) in [6.45, 7) is 4.24. The van der Waals surface area contributed by atoms with Crippen LogP contribution in [0.1, 0.15) is 42.5 Å². The fourth-order valence-corrected chi connectivity index (χ4v) is 4.13. The highest BCUT2D eigenvalue weighted by Gasteiger charge is 2.16. The predicted molar refractivity (Wildman–Crippen MR) is 119 cm³/mol. The lowest BCUT2D eigenvalue weighted by Crippen LogP contribution is -2.44. The molecular weight excluding hydrogens is 362 g/mol. The van der Waals surface area contributed by atoms with Gasteiger partial charge in [-0.25, -0.2) is 4.98 Å². The van der Waals surface area contributed by atoms with Crippen molar-refractivity contribution in [1.29, 1.82) is 0 Å². The van der Waals surface area contributed by atoms with Crippen molar-refractivity contribution < 1.29 is 4.79 Å². The summed E-state index contributed by atoms with van der Waals surface area (Å²) in [7, 11) is 2.16. The molecule has 2 fully saturated rings. The Kier molecular flexibility index (Phi) is 6.30. The first-order valence-corrected chi connectivity index (χ1v) is 10.7. The van der Waals surface area contributed by atoms with E-state index in [-0.39, 0.29) is 5.91 Å². The summed E-state index contributed by atoms with van der Waals surface area (Å²) in [5.41, 5.74) is 2.65. The number of benzene rings is 1. The number of hydrogen-bond donors (Lipinski definition) is 2. The Hall–Kier alpha value is -2.60. The van der Waals surface area contributed by atoms with E-state index in [4.69, 9.17) is 0 Å². The molecule has 29 heavy (non-hydrogen) atoms.